The molecule has 1 heterocycles. The molecule has 20 heavy (non-hydrogen) atoms. The second-order valence-electron chi connectivity index (χ2n) is 5.11. The number of benzene rings is 1. The smallest absolute Gasteiger partial charge is 0.124 e. The van der Waals surface area contributed by atoms with Crippen LogP contribution in [-0.2, 0) is 11.3 Å². The Morgan fingerprint density at radius 2 is 2.35 bits per heavy atom. The minimum Gasteiger partial charge on any atom is -0.384 e. The molecule has 1 N–H and O–H groups in total. The van der Waals surface area contributed by atoms with Crippen molar-refractivity contribution in [2.45, 2.75) is 13.0 Å². The van der Waals surface area contributed by atoms with Crippen LogP contribution in [-0.4, -0.2) is 43.4 Å². The van der Waals surface area contributed by atoms with Crippen molar-refractivity contribution in [2.75, 3.05) is 33.4 Å². The molecule has 4 heteroatoms. The van der Waals surface area contributed by atoms with E-state index in [1.165, 1.54) is 12.1 Å². The van der Waals surface area contributed by atoms with Crippen molar-refractivity contribution in [3.63, 3.8) is 0 Å². The third-order valence-corrected chi connectivity index (χ3v) is 3.54. The molecule has 0 bridgehead atoms. The highest BCUT2D eigenvalue weighted by Gasteiger charge is 2.22. The fourth-order valence-corrected chi connectivity index (χ4v) is 2.61. The summed E-state index contributed by atoms with van der Waals surface area (Å²) >= 11 is 0. The molecule has 3 nitrogen and oxygen atoms in total. The summed E-state index contributed by atoms with van der Waals surface area (Å²) in [6.07, 6.45) is 1.13. The zero-order valence-corrected chi connectivity index (χ0v) is 11.7. The molecule has 2 rings (SSSR count). The summed E-state index contributed by atoms with van der Waals surface area (Å²) in [7, 11) is 1.73. The highest BCUT2D eigenvalue weighted by molar-refractivity contribution is 5.41. The van der Waals surface area contributed by atoms with E-state index in [2.05, 4.69) is 16.7 Å². The predicted molar refractivity (Wildman–Crippen MR) is 75.6 cm³/mol. The minimum atomic E-state index is -0.297. The standard InChI is InChI=1S/C16H20FNO2/c1-20-12-13-6-7-18(10-13)11-15-4-5-16(17)9-14(15)3-2-8-19/h4-5,9,13,19H,6-8,10-12H2,1H3. The number of rotatable bonds is 4. The maximum absolute atomic E-state index is 13.3. The van der Waals surface area contributed by atoms with Crippen LogP contribution in [0.1, 0.15) is 17.5 Å². The molecule has 1 atom stereocenters. The van der Waals surface area contributed by atoms with Gasteiger partial charge in [0.05, 0.1) is 6.61 Å². The lowest BCUT2D eigenvalue weighted by molar-refractivity contribution is 0.152. The molecule has 0 aliphatic carbocycles. The van der Waals surface area contributed by atoms with Crippen molar-refractivity contribution in [3.05, 3.63) is 35.1 Å². The lowest BCUT2D eigenvalue weighted by Gasteiger charge is -2.17. The van der Waals surface area contributed by atoms with Gasteiger partial charge in [0, 0.05) is 25.8 Å². The second kappa shape index (κ2) is 7.39. The molecular formula is C16H20FNO2. The molecule has 1 fully saturated rings. The number of methoxy groups -OCH3 is 1. The molecule has 0 radical (unpaired) electrons. The number of halogens is 1. The molecule has 1 aliphatic heterocycles. The molecule has 1 aromatic rings. The largest absolute Gasteiger partial charge is 0.384 e. The molecule has 0 spiro atoms. The molecule has 1 saturated heterocycles. The second-order valence-corrected chi connectivity index (χ2v) is 5.11. The van der Waals surface area contributed by atoms with Gasteiger partial charge < -0.3 is 9.84 Å². The molecule has 1 unspecified atom stereocenters. The van der Waals surface area contributed by atoms with E-state index >= 15 is 0 Å². The van der Waals surface area contributed by atoms with Crippen LogP contribution in [0, 0.1) is 23.6 Å². The maximum Gasteiger partial charge on any atom is 0.124 e. The van der Waals surface area contributed by atoms with Gasteiger partial charge in [0.25, 0.3) is 0 Å². The number of hydrogen-bond acceptors (Lipinski definition) is 3. The van der Waals surface area contributed by atoms with Crippen LogP contribution in [0.3, 0.4) is 0 Å². The van der Waals surface area contributed by atoms with Gasteiger partial charge >= 0.3 is 0 Å². The third kappa shape index (κ3) is 4.04. The van der Waals surface area contributed by atoms with Gasteiger partial charge in [0.1, 0.15) is 12.4 Å². The number of ether oxygens (including phenoxy) is 1. The number of aliphatic hydroxyl groups is 1. The Morgan fingerprint density at radius 1 is 1.50 bits per heavy atom. The van der Waals surface area contributed by atoms with E-state index < -0.39 is 0 Å². The summed E-state index contributed by atoms with van der Waals surface area (Å²) < 4.78 is 18.5. The Labute approximate surface area is 119 Å². The normalized spacial score (nSPS) is 18.9. The quantitative estimate of drug-likeness (QED) is 0.849. The van der Waals surface area contributed by atoms with Crippen LogP contribution in [0.25, 0.3) is 0 Å². The Balaban J connectivity index is 2.06. The molecule has 1 aromatic carbocycles. The molecule has 1 aliphatic rings. The van der Waals surface area contributed by atoms with E-state index in [4.69, 9.17) is 9.84 Å². The molecule has 0 saturated carbocycles. The van der Waals surface area contributed by atoms with E-state index in [9.17, 15) is 4.39 Å². The summed E-state index contributed by atoms with van der Waals surface area (Å²) in [6.45, 7) is 3.36. The van der Waals surface area contributed by atoms with Crippen molar-refractivity contribution in [3.8, 4) is 11.8 Å². The maximum atomic E-state index is 13.3. The number of likely N-dealkylation sites (tertiary alicyclic amines) is 1. The number of nitrogens with zero attached hydrogens (tertiary/aromatic N) is 1. The van der Waals surface area contributed by atoms with Gasteiger partial charge in [-0.05, 0) is 36.6 Å². The average molecular weight is 277 g/mol. The van der Waals surface area contributed by atoms with Crippen LogP contribution < -0.4 is 0 Å². The Morgan fingerprint density at radius 3 is 3.10 bits per heavy atom. The van der Waals surface area contributed by atoms with E-state index in [0.29, 0.717) is 11.5 Å². The van der Waals surface area contributed by atoms with Gasteiger partial charge in [-0.15, -0.1) is 0 Å². The summed E-state index contributed by atoms with van der Waals surface area (Å²) in [5.41, 5.74) is 1.67. The van der Waals surface area contributed by atoms with E-state index in [1.807, 2.05) is 0 Å². The summed E-state index contributed by atoms with van der Waals surface area (Å²) in [4.78, 5) is 2.33. The minimum absolute atomic E-state index is 0.213. The lowest BCUT2D eigenvalue weighted by atomic mass is 10.1. The lowest BCUT2D eigenvalue weighted by Crippen LogP contribution is -2.21. The van der Waals surface area contributed by atoms with Crippen molar-refractivity contribution in [1.29, 1.82) is 0 Å². The summed E-state index contributed by atoms with van der Waals surface area (Å²) in [5, 5.41) is 8.77. The first kappa shape index (κ1) is 15.0. The zero-order chi connectivity index (χ0) is 14.4. The summed E-state index contributed by atoms with van der Waals surface area (Å²) in [6, 6.07) is 4.67. The van der Waals surface area contributed by atoms with Crippen LogP contribution in [0.2, 0.25) is 0 Å². The van der Waals surface area contributed by atoms with Gasteiger partial charge in [0.2, 0.25) is 0 Å². The van der Waals surface area contributed by atoms with Crippen molar-refractivity contribution < 1.29 is 14.2 Å². The van der Waals surface area contributed by atoms with Gasteiger partial charge in [0.15, 0.2) is 0 Å². The fraction of sp³-hybridized carbons (Fsp3) is 0.500. The van der Waals surface area contributed by atoms with Gasteiger partial charge in [-0.1, -0.05) is 17.9 Å². The summed E-state index contributed by atoms with van der Waals surface area (Å²) in [5.74, 6) is 5.69. The van der Waals surface area contributed by atoms with Crippen molar-refractivity contribution in [1.82, 2.24) is 4.90 Å². The van der Waals surface area contributed by atoms with Gasteiger partial charge in [-0.3, -0.25) is 4.90 Å². The fourth-order valence-electron chi connectivity index (χ4n) is 2.61. The highest BCUT2D eigenvalue weighted by atomic mass is 19.1. The number of aliphatic hydroxyl groups excluding tert-OH is 1. The van der Waals surface area contributed by atoms with E-state index in [-0.39, 0.29) is 12.4 Å². The van der Waals surface area contributed by atoms with Crippen LogP contribution in [0.15, 0.2) is 18.2 Å². The molecule has 108 valence electrons. The molecule has 0 aromatic heterocycles. The van der Waals surface area contributed by atoms with Crippen LogP contribution in [0.4, 0.5) is 4.39 Å². The average Bonchev–Trinajstić information content (AvgIpc) is 2.87. The molecule has 0 amide bonds. The third-order valence-electron chi connectivity index (χ3n) is 3.54. The van der Waals surface area contributed by atoms with E-state index in [1.54, 1.807) is 13.2 Å². The first-order valence-electron chi connectivity index (χ1n) is 6.82. The first-order valence-corrected chi connectivity index (χ1v) is 6.82. The molecular weight excluding hydrogens is 257 g/mol. The van der Waals surface area contributed by atoms with E-state index in [0.717, 1.165) is 38.2 Å². The Hall–Kier alpha value is -1.41. The Kier molecular flexibility index (Phi) is 5.54. The Bertz CT molecular complexity index is 507. The van der Waals surface area contributed by atoms with Crippen LogP contribution in [0.5, 0.6) is 0 Å². The topological polar surface area (TPSA) is 32.7 Å². The monoisotopic (exact) mass is 277 g/mol. The predicted octanol–water partition coefficient (Wildman–Crippen LogP) is 1.64. The SMILES string of the molecule is COCC1CCN(Cc2ccc(F)cc2C#CCO)C1. The van der Waals surface area contributed by atoms with Crippen molar-refractivity contribution >= 4 is 0 Å². The van der Waals surface area contributed by atoms with Crippen molar-refractivity contribution in [2.24, 2.45) is 5.92 Å². The van der Waals surface area contributed by atoms with Gasteiger partial charge in [-0.25, -0.2) is 4.39 Å². The zero-order valence-electron chi connectivity index (χ0n) is 11.7. The first-order chi connectivity index (χ1) is 9.72. The van der Waals surface area contributed by atoms with Gasteiger partial charge in [-0.2, -0.15) is 0 Å². The highest BCUT2D eigenvalue weighted by Crippen LogP contribution is 2.20. The number of hydrogen-bond donors (Lipinski definition) is 1. The van der Waals surface area contributed by atoms with Crippen LogP contribution >= 0.6 is 0 Å².